The highest BCUT2D eigenvalue weighted by atomic mass is 127. The number of aryl methyl sites for hydroxylation is 1. The molecule has 0 aliphatic heterocycles. The molecule has 0 unspecified atom stereocenters. The van der Waals surface area contributed by atoms with Crippen LogP contribution in [0.3, 0.4) is 0 Å². The fourth-order valence-electron chi connectivity index (χ4n) is 1.28. The average molecular weight is 278 g/mol. The van der Waals surface area contributed by atoms with Crippen LogP contribution in [0.15, 0.2) is 0 Å². The van der Waals surface area contributed by atoms with Crippen molar-refractivity contribution in [3.8, 4) is 0 Å². The van der Waals surface area contributed by atoms with Gasteiger partial charge in [0.2, 0.25) is 0 Å². The number of aromatic nitrogens is 2. The monoisotopic (exact) mass is 278 g/mol. The lowest BCUT2D eigenvalue weighted by atomic mass is 10.1. The molecule has 68 valence electrons. The first-order valence-corrected chi connectivity index (χ1v) is 5.14. The molecule has 2 nitrogen and oxygen atoms in total. The molecule has 0 aliphatic carbocycles. The van der Waals surface area contributed by atoms with Crippen LogP contribution in [0.1, 0.15) is 32.2 Å². The van der Waals surface area contributed by atoms with Crippen molar-refractivity contribution in [1.29, 1.82) is 0 Å². The lowest BCUT2D eigenvalue weighted by Crippen LogP contribution is -2.24. The zero-order valence-corrected chi connectivity index (χ0v) is 10.4. The number of halogens is 1. The van der Waals surface area contributed by atoms with Gasteiger partial charge in [-0.25, -0.2) is 0 Å². The molecule has 0 amide bonds. The Morgan fingerprint density at radius 1 is 1.25 bits per heavy atom. The van der Waals surface area contributed by atoms with E-state index < -0.39 is 0 Å². The summed E-state index contributed by atoms with van der Waals surface area (Å²) >= 11 is 2.35. The Labute approximate surface area is 87.5 Å². The number of rotatable bonds is 0. The van der Waals surface area contributed by atoms with Crippen LogP contribution < -0.4 is 0 Å². The highest BCUT2D eigenvalue weighted by Crippen LogP contribution is 2.21. The Morgan fingerprint density at radius 3 is 1.92 bits per heavy atom. The zero-order chi connectivity index (χ0) is 9.52. The van der Waals surface area contributed by atoms with Gasteiger partial charge < -0.3 is 0 Å². The molecule has 3 heteroatoms. The van der Waals surface area contributed by atoms with Crippen LogP contribution in [-0.4, -0.2) is 9.78 Å². The molecule has 0 N–H and O–H groups in total. The van der Waals surface area contributed by atoms with Gasteiger partial charge >= 0.3 is 0 Å². The average Bonchev–Trinajstić information content (AvgIpc) is 2.15. The molecule has 12 heavy (non-hydrogen) atoms. The summed E-state index contributed by atoms with van der Waals surface area (Å²) in [4.78, 5) is 0. The Balaban J connectivity index is 3.28. The van der Waals surface area contributed by atoms with Crippen molar-refractivity contribution >= 4 is 22.6 Å². The van der Waals surface area contributed by atoms with Gasteiger partial charge in [0.15, 0.2) is 0 Å². The third-order valence-electron chi connectivity index (χ3n) is 1.84. The summed E-state index contributed by atoms with van der Waals surface area (Å²) in [6.45, 7) is 10.7. The molecule has 0 saturated carbocycles. The predicted molar refractivity (Wildman–Crippen MR) is 59.4 cm³/mol. The van der Waals surface area contributed by atoms with E-state index in [2.05, 4.69) is 67.0 Å². The molecule has 0 aliphatic rings. The highest BCUT2D eigenvalue weighted by molar-refractivity contribution is 14.1. The van der Waals surface area contributed by atoms with E-state index in [9.17, 15) is 0 Å². The molecular formula is C9H15IN2. The first kappa shape index (κ1) is 10.0. The maximum atomic E-state index is 4.49. The molecule has 0 aromatic carbocycles. The smallest absolute Gasteiger partial charge is 0.0730 e. The van der Waals surface area contributed by atoms with Gasteiger partial charge in [-0.05, 0) is 57.2 Å². The van der Waals surface area contributed by atoms with Gasteiger partial charge in [-0.1, -0.05) is 0 Å². The third-order valence-corrected chi connectivity index (χ3v) is 3.40. The van der Waals surface area contributed by atoms with Crippen molar-refractivity contribution in [2.45, 2.75) is 40.2 Å². The summed E-state index contributed by atoms with van der Waals surface area (Å²) in [5, 5.41) is 4.49. The van der Waals surface area contributed by atoms with Crippen LogP contribution in [0.2, 0.25) is 0 Å². The fraction of sp³-hybridized carbons (Fsp3) is 0.667. The van der Waals surface area contributed by atoms with E-state index in [1.165, 1.54) is 9.26 Å². The van der Waals surface area contributed by atoms with Crippen LogP contribution in [0, 0.1) is 17.4 Å². The van der Waals surface area contributed by atoms with Crippen LogP contribution >= 0.6 is 22.6 Å². The maximum absolute atomic E-state index is 4.49. The van der Waals surface area contributed by atoms with E-state index in [4.69, 9.17) is 0 Å². The summed E-state index contributed by atoms with van der Waals surface area (Å²) in [7, 11) is 0. The Morgan fingerprint density at radius 2 is 1.75 bits per heavy atom. The molecular weight excluding hydrogens is 263 g/mol. The van der Waals surface area contributed by atoms with E-state index in [0.29, 0.717) is 0 Å². The quantitative estimate of drug-likeness (QED) is 0.667. The summed E-state index contributed by atoms with van der Waals surface area (Å²) < 4.78 is 3.37. The van der Waals surface area contributed by atoms with Crippen molar-refractivity contribution in [2.24, 2.45) is 0 Å². The molecule has 0 saturated heterocycles. The van der Waals surface area contributed by atoms with Crippen LogP contribution in [0.4, 0.5) is 0 Å². The van der Waals surface area contributed by atoms with Gasteiger partial charge in [-0.15, -0.1) is 0 Å². The van der Waals surface area contributed by atoms with Crippen LogP contribution in [-0.2, 0) is 5.54 Å². The molecule has 1 aromatic rings. The second kappa shape index (κ2) is 3.01. The molecule has 0 radical (unpaired) electrons. The zero-order valence-electron chi connectivity index (χ0n) is 8.27. The SMILES string of the molecule is Cc1nn(C(C)(C)C)c(C)c1I. The van der Waals surface area contributed by atoms with Crippen molar-refractivity contribution in [1.82, 2.24) is 9.78 Å². The lowest BCUT2D eigenvalue weighted by Gasteiger charge is -2.21. The van der Waals surface area contributed by atoms with Crippen molar-refractivity contribution in [2.75, 3.05) is 0 Å². The molecule has 1 aromatic heterocycles. The number of hydrogen-bond donors (Lipinski definition) is 0. The minimum atomic E-state index is 0.0955. The Hall–Kier alpha value is -0.0600. The van der Waals surface area contributed by atoms with Gasteiger partial charge in [0.25, 0.3) is 0 Å². The van der Waals surface area contributed by atoms with Gasteiger partial charge in [0.1, 0.15) is 0 Å². The lowest BCUT2D eigenvalue weighted by molar-refractivity contribution is 0.346. The molecule has 1 heterocycles. The summed E-state index contributed by atoms with van der Waals surface area (Å²) in [5.74, 6) is 0. The predicted octanol–water partition coefficient (Wildman–Crippen LogP) is 2.86. The minimum Gasteiger partial charge on any atom is -0.263 e. The van der Waals surface area contributed by atoms with Crippen LogP contribution in [0.5, 0.6) is 0 Å². The minimum absolute atomic E-state index is 0.0955. The van der Waals surface area contributed by atoms with Crippen LogP contribution in [0.25, 0.3) is 0 Å². The Kier molecular flexibility index (Phi) is 2.52. The highest BCUT2D eigenvalue weighted by Gasteiger charge is 2.19. The van der Waals surface area contributed by atoms with Gasteiger partial charge in [-0.3, -0.25) is 4.68 Å². The summed E-state index contributed by atoms with van der Waals surface area (Å²) in [6.07, 6.45) is 0. The molecule has 0 spiro atoms. The van der Waals surface area contributed by atoms with E-state index in [0.717, 1.165) is 5.69 Å². The first-order valence-electron chi connectivity index (χ1n) is 4.06. The van der Waals surface area contributed by atoms with E-state index in [1.54, 1.807) is 0 Å². The third kappa shape index (κ3) is 1.65. The van der Waals surface area contributed by atoms with E-state index in [-0.39, 0.29) is 5.54 Å². The summed E-state index contributed by atoms with van der Waals surface area (Å²) in [5.41, 5.74) is 2.49. The summed E-state index contributed by atoms with van der Waals surface area (Å²) in [6, 6.07) is 0. The topological polar surface area (TPSA) is 17.8 Å². The second-order valence-electron chi connectivity index (χ2n) is 4.07. The molecule has 0 bridgehead atoms. The Bertz CT molecular complexity index is 294. The van der Waals surface area contributed by atoms with Crippen molar-refractivity contribution in [3.63, 3.8) is 0 Å². The standard InChI is InChI=1S/C9H15IN2/c1-6-8(10)7(2)12(11-6)9(3,4)5/h1-5H3. The normalized spacial score (nSPS) is 12.2. The van der Waals surface area contributed by atoms with E-state index in [1.807, 2.05) is 0 Å². The molecule has 0 atom stereocenters. The molecule has 0 fully saturated rings. The van der Waals surface area contributed by atoms with E-state index >= 15 is 0 Å². The van der Waals surface area contributed by atoms with Gasteiger partial charge in [0, 0.05) is 5.69 Å². The van der Waals surface area contributed by atoms with Gasteiger partial charge in [-0.2, -0.15) is 5.10 Å². The van der Waals surface area contributed by atoms with Crippen molar-refractivity contribution in [3.05, 3.63) is 15.0 Å². The number of hydrogen-bond acceptors (Lipinski definition) is 1. The maximum Gasteiger partial charge on any atom is 0.0730 e. The van der Waals surface area contributed by atoms with Crippen molar-refractivity contribution < 1.29 is 0 Å². The molecule has 1 rings (SSSR count). The number of nitrogens with zero attached hydrogens (tertiary/aromatic N) is 2. The fourth-order valence-corrected chi connectivity index (χ4v) is 1.61. The largest absolute Gasteiger partial charge is 0.263 e. The first-order chi connectivity index (χ1) is 5.34. The second-order valence-corrected chi connectivity index (χ2v) is 5.15. The van der Waals surface area contributed by atoms with Gasteiger partial charge in [0.05, 0.1) is 14.8 Å².